The highest BCUT2D eigenvalue weighted by Gasteiger charge is 2.24. The first kappa shape index (κ1) is 24.5. The zero-order chi connectivity index (χ0) is 24.9. The Bertz CT molecular complexity index is 1590. The minimum Gasteiger partial charge on any atom is -0.507 e. The predicted molar refractivity (Wildman–Crippen MR) is 134 cm³/mol. The molecule has 10 nitrogen and oxygen atoms in total. The molecule has 0 amide bonds. The van der Waals surface area contributed by atoms with Crippen molar-refractivity contribution in [2.75, 3.05) is 19.0 Å². The fourth-order valence-electron chi connectivity index (χ4n) is 3.37. The van der Waals surface area contributed by atoms with Gasteiger partial charge in [0.15, 0.2) is 11.5 Å². The molecule has 2 heterocycles. The summed E-state index contributed by atoms with van der Waals surface area (Å²) in [5.41, 5.74) is 0.665. The molecule has 2 aromatic carbocycles. The van der Waals surface area contributed by atoms with Gasteiger partial charge in [0.1, 0.15) is 22.6 Å². The van der Waals surface area contributed by atoms with Crippen LogP contribution in [0.3, 0.4) is 0 Å². The molecule has 2 aromatic heterocycles. The lowest BCUT2D eigenvalue weighted by atomic mass is 10.1. The predicted octanol–water partition coefficient (Wildman–Crippen LogP) is 3.19. The Morgan fingerprint density at radius 3 is 2.41 bits per heavy atom. The van der Waals surface area contributed by atoms with E-state index in [9.17, 15) is 18.3 Å². The second-order valence-corrected chi connectivity index (χ2v) is 10.8. The summed E-state index contributed by atoms with van der Waals surface area (Å²) in [5, 5.41) is 19.5. The minimum absolute atomic E-state index is 0.0441. The van der Waals surface area contributed by atoms with Crippen molar-refractivity contribution in [3.8, 4) is 11.4 Å². The summed E-state index contributed by atoms with van der Waals surface area (Å²) in [6, 6.07) is 7.25. The molecule has 0 radical (unpaired) electrons. The van der Waals surface area contributed by atoms with Gasteiger partial charge in [-0.15, -0.1) is 5.10 Å². The van der Waals surface area contributed by atoms with E-state index in [1.54, 1.807) is 31.1 Å². The molecule has 4 rings (SSSR count). The van der Waals surface area contributed by atoms with Crippen LogP contribution in [-0.4, -0.2) is 47.4 Å². The Morgan fingerprint density at radius 2 is 1.85 bits per heavy atom. The van der Waals surface area contributed by atoms with Crippen LogP contribution in [0.1, 0.15) is 11.4 Å². The molecular formula is C20H17BrCl2N6O4S. The highest BCUT2D eigenvalue weighted by Crippen LogP contribution is 2.34. The number of phenolic OH excluding ortho intramolecular Hbond substituents is 1. The van der Waals surface area contributed by atoms with Crippen molar-refractivity contribution in [3.05, 3.63) is 66.6 Å². The number of halogens is 3. The van der Waals surface area contributed by atoms with Crippen molar-refractivity contribution >= 4 is 66.0 Å². The van der Waals surface area contributed by atoms with E-state index in [4.69, 9.17) is 28.3 Å². The highest BCUT2D eigenvalue weighted by atomic mass is 79.9. The van der Waals surface area contributed by atoms with E-state index < -0.39 is 15.6 Å². The number of anilines is 1. The Kier molecular flexibility index (Phi) is 6.38. The SMILES string of the molecule is CN(C)c1nn(-c2c(Cl)cc(S(N)(=O)=O)cc2Cl)c2nc(Cc3ccc(O)c(Br)c3)[nH]c(=O)c12. The molecule has 0 saturated heterocycles. The smallest absolute Gasteiger partial charge is 0.264 e. The monoisotopic (exact) mass is 586 g/mol. The minimum atomic E-state index is -4.05. The van der Waals surface area contributed by atoms with Gasteiger partial charge >= 0.3 is 0 Å². The van der Waals surface area contributed by atoms with E-state index in [-0.39, 0.29) is 43.8 Å². The number of primary sulfonamides is 1. The molecule has 0 aliphatic carbocycles. The van der Waals surface area contributed by atoms with Gasteiger partial charge in [0.05, 0.1) is 19.4 Å². The quantitative estimate of drug-likeness (QED) is 0.325. The van der Waals surface area contributed by atoms with Gasteiger partial charge in [-0.25, -0.2) is 23.2 Å². The number of phenols is 1. The summed E-state index contributed by atoms with van der Waals surface area (Å²) in [6.07, 6.45) is 0.248. The molecule has 0 atom stereocenters. The standard InChI is InChI=1S/C20H17BrCl2N6O4S/c1-28(2)19-16-18(25-15(26-20(16)31)6-9-3-4-14(30)11(21)5-9)29(27-19)17-12(22)7-10(8-13(17)23)34(24,32)33/h3-5,7-8,30H,6H2,1-2H3,(H2,24,32,33)(H,25,26,31). The van der Waals surface area contributed by atoms with E-state index >= 15 is 0 Å². The van der Waals surface area contributed by atoms with Gasteiger partial charge in [-0.1, -0.05) is 29.3 Å². The third-order valence-electron chi connectivity index (χ3n) is 4.91. The number of hydrogen-bond acceptors (Lipinski definition) is 7. The number of aromatic hydroxyl groups is 1. The number of H-pyrrole nitrogens is 1. The normalized spacial score (nSPS) is 11.8. The Labute approximate surface area is 212 Å². The second-order valence-electron chi connectivity index (χ2n) is 7.58. The maximum absolute atomic E-state index is 13.0. The maximum Gasteiger partial charge on any atom is 0.264 e. The van der Waals surface area contributed by atoms with E-state index in [1.165, 1.54) is 10.7 Å². The topological polar surface area (TPSA) is 147 Å². The zero-order valence-electron chi connectivity index (χ0n) is 17.7. The zero-order valence-corrected chi connectivity index (χ0v) is 21.6. The molecule has 0 aliphatic heterocycles. The number of aromatic amines is 1. The van der Waals surface area contributed by atoms with Crippen molar-refractivity contribution in [1.82, 2.24) is 19.7 Å². The third-order valence-corrected chi connectivity index (χ3v) is 7.01. The van der Waals surface area contributed by atoms with Gasteiger partial charge < -0.3 is 15.0 Å². The number of fused-ring (bicyclic) bond motifs is 1. The number of benzene rings is 2. The third kappa shape index (κ3) is 4.51. The van der Waals surface area contributed by atoms with Crippen LogP contribution in [-0.2, 0) is 16.4 Å². The van der Waals surface area contributed by atoms with Crippen molar-refractivity contribution in [3.63, 3.8) is 0 Å². The van der Waals surface area contributed by atoms with Crippen LogP contribution in [0, 0.1) is 0 Å². The summed E-state index contributed by atoms with van der Waals surface area (Å²) in [6.45, 7) is 0. The van der Waals surface area contributed by atoms with Crippen LogP contribution in [0.25, 0.3) is 16.7 Å². The van der Waals surface area contributed by atoms with Crippen molar-refractivity contribution in [2.45, 2.75) is 11.3 Å². The Balaban J connectivity index is 1.96. The molecule has 34 heavy (non-hydrogen) atoms. The number of sulfonamides is 1. The van der Waals surface area contributed by atoms with Crippen LogP contribution in [0.4, 0.5) is 5.82 Å². The maximum atomic E-state index is 13.0. The Morgan fingerprint density at radius 1 is 1.21 bits per heavy atom. The fraction of sp³-hybridized carbons (Fsp3) is 0.150. The van der Waals surface area contributed by atoms with Gasteiger partial charge in [-0.2, -0.15) is 0 Å². The number of hydrogen-bond donors (Lipinski definition) is 3. The summed E-state index contributed by atoms with van der Waals surface area (Å²) < 4.78 is 25.3. The largest absolute Gasteiger partial charge is 0.507 e. The van der Waals surface area contributed by atoms with Crippen LogP contribution in [0.15, 0.2) is 44.5 Å². The summed E-state index contributed by atoms with van der Waals surface area (Å²) in [7, 11) is -0.633. The lowest BCUT2D eigenvalue weighted by molar-refractivity contribution is 0.471. The number of nitrogens with one attached hydrogen (secondary N) is 1. The molecule has 14 heteroatoms. The summed E-state index contributed by atoms with van der Waals surface area (Å²) in [5.74, 6) is 0.724. The number of aromatic nitrogens is 4. The lowest BCUT2D eigenvalue weighted by Gasteiger charge is -2.11. The molecule has 0 aliphatic rings. The van der Waals surface area contributed by atoms with Crippen LogP contribution < -0.4 is 15.6 Å². The number of nitrogens with zero attached hydrogens (tertiary/aromatic N) is 4. The Hall–Kier alpha value is -2.64. The average molecular weight is 588 g/mol. The van der Waals surface area contributed by atoms with Gasteiger partial charge in [0, 0.05) is 20.5 Å². The molecule has 4 N–H and O–H groups in total. The van der Waals surface area contributed by atoms with Crippen molar-refractivity contribution < 1.29 is 13.5 Å². The van der Waals surface area contributed by atoms with E-state index in [2.05, 4.69) is 31.0 Å². The van der Waals surface area contributed by atoms with Crippen molar-refractivity contribution in [1.29, 1.82) is 0 Å². The molecule has 4 aromatic rings. The van der Waals surface area contributed by atoms with Crippen LogP contribution in [0.5, 0.6) is 5.75 Å². The molecule has 0 saturated carbocycles. The first-order chi connectivity index (χ1) is 15.9. The molecular weight excluding hydrogens is 571 g/mol. The molecule has 0 spiro atoms. The van der Waals surface area contributed by atoms with Gasteiger partial charge in [-0.3, -0.25) is 4.79 Å². The van der Waals surface area contributed by atoms with Crippen LogP contribution >= 0.6 is 39.1 Å². The van der Waals surface area contributed by atoms with Crippen LogP contribution in [0.2, 0.25) is 10.0 Å². The molecule has 178 valence electrons. The number of rotatable bonds is 5. The van der Waals surface area contributed by atoms with E-state index in [0.29, 0.717) is 16.1 Å². The molecule has 0 unspecified atom stereocenters. The first-order valence-corrected chi connectivity index (χ1v) is 12.6. The lowest BCUT2D eigenvalue weighted by Crippen LogP contribution is -2.16. The molecule has 0 bridgehead atoms. The van der Waals surface area contributed by atoms with E-state index in [1.807, 2.05) is 0 Å². The summed E-state index contributed by atoms with van der Waals surface area (Å²) in [4.78, 5) is 21.8. The van der Waals surface area contributed by atoms with Crippen molar-refractivity contribution in [2.24, 2.45) is 5.14 Å². The fourth-order valence-corrected chi connectivity index (χ4v) is 5.14. The second kappa shape index (κ2) is 8.86. The average Bonchev–Trinajstić information content (AvgIpc) is 3.10. The first-order valence-electron chi connectivity index (χ1n) is 9.55. The van der Waals surface area contributed by atoms with E-state index in [0.717, 1.165) is 17.7 Å². The van der Waals surface area contributed by atoms with Gasteiger partial charge in [0.25, 0.3) is 5.56 Å². The van der Waals surface area contributed by atoms with Gasteiger partial charge in [0.2, 0.25) is 10.0 Å². The summed E-state index contributed by atoms with van der Waals surface area (Å²) >= 11 is 16.0. The van der Waals surface area contributed by atoms with Gasteiger partial charge in [-0.05, 0) is 45.8 Å². The number of nitrogens with two attached hydrogens (primary N) is 1. The highest BCUT2D eigenvalue weighted by molar-refractivity contribution is 9.10. The molecule has 0 fully saturated rings.